The molecule has 2 aliphatic heterocycles. The van der Waals surface area contributed by atoms with Gasteiger partial charge in [0.05, 0.1) is 29.8 Å². The molecule has 0 spiro atoms. The molecule has 0 aliphatic carbocycles. The molecule has 0 unspecified atom stereocenters. The zero-order chi connectivity index (χ0) is 28.2. The first-order valence-electron chi connectivity index (χ1n) is 11.5. The van der Waals surface area contributed by atoms with Gasteiger partial charge in [-0.2, -0.15) is 0 Å². The Hall–Kier alpha value is -2.54. The van der Waals surface area contributed by atoms with E-state index in [1.807, 2.05) is 0 Å². The van der Waals surface area contributed by atoms with Crippen LogP contribution in [-0.2, 0) is 9.59 Å². The third-order valence-corrected chi connectivity index (χ3v) is 11.3. The molecule has 0 aromatic heterocycles. The number of hydrogen-bond acceptors (Lipinski definition) is 6. The number of carbonyl (C=O) groups excluding carboxylic acids is 4. The van der Waals surface area contributed by atoms with Gasteiger partial charge in [0.25, 0.3) is 11.8 Å². The highest BCUT2D eigenvalue weighted by atomic mass is 79.9. The van der Waals surface area contributed by atoms with Gasteiger partial charge in [-0.25, -0.2) is 4.90 Å². The van der Waals surface area contributed by atoms with Crippen molar-refractivity contribution in [3.8, 4) is 11.5 Å². The second-order valence-electron chi connectivity index (χ2n) is 8.93. The summed E-state index contributed by atoms with van der Waals surface area (Å²) in [5.41, 5.74) is 2.05. The van der Waals surface area contributed by atoms with Crippen LogP contribution in [0.2, 0.25) is 0 Å². The maximum absolute atomic E-state index is 13.3. The molecule has 1 atom stereocenters. The molecule has 1 saturated heterocycles. The van der Waals surface area contributed by atoms with Crippen molar-refractivity contribution in [2.45, 2.75) is 13.3 Å². The molecule has 3 aromatic rings. The smallest absolute Gasteiger partial charge is 0.316 e. The summed E-state index contributed by atoms with van der Waals surface area (Å²) >= 11 is 13.7. The molecular weight excluding hydrogens is 768 g/mol. The monoisotopic (exact) mass is 782 g/mol. The van der Waals surface area contributed by atoms with E-state index in [1.165, 1.54) is 11.0 Å². The number of amides is 3. The number of fused-ring (bicyclic) bond motifs is 1. The van der Waals surface area contributed by atoms with Crippen molar-refractivity contribution in [2.24, 2.45) is 5.92 Å². The SMILES string of the molecule is COc1cccc(N2C[C@@H](C(=O)Oc3ccc(N4C(=O)c5c(Br)c(Br)c(Br)c(Br)c5C4=O)c(C)c3)CC2=O)c1. The number of carbonyl (C=O) groups is 4. The lowest BCUT2D eigenvalue weighted by molar-refractivity contribution is -0.139. The first-order valence-corrected chi connectivity index (χ1v) is 14.7. The molecule has 2 aliphatic rings. The third kappa shape index (κ3) is 4.85. The van der Waals surface area contributed by atoms with Crippen LogP contribution in [0.3, 0.4) is 0 Å². The topological polar surface area (TPSA) is 93.2 Å². The molecule has 0 N–H and O–H groups in total. The van der Waals surface area contributed by atoms with Crippen molar-refractivity contribution in [3.63, 3.8) is 0 Å². The number of imide groups is 1. The molecule has 39 heavy (non-hydrogen) atoms. The molecule has 8 nitrogen and oxygen atoms in total. The number of aryl methyl sites for hydroxylation is 1. The molecule has 3 amide bonds. The van der Waals surface area contributed by atoms with E-state index in [4.69, 9.17) is 9.47 Å². The van der Waals surface area contributed by atoms with Crippen molar-refractivity contribution in [1.82, 2.24) is 0 Å². The fourth-order valence-corrected chi connectivity index (χ4v) is 7.06. The number of ether oxygens (including phenoxy) is 2. The second-order valence-corrected chi connectivity index (χ2v) is 12.1. The number of methoxy groups -OCH3 is 1. The van der Waals surface area contributed by atoms with Gasteiger partial charge >= 0.3 is 5.97 Å². The Balaban J connectivity index is 1.34. The maximum Gasteiger partial charge on any atom is 0.316 e. The number of benzene rings is 3. The summed E-state index contributed by atoms with van der Waals surface area (Å²) in [6.07, 6.45) is 0.0248. The van der Waals surface area contributed by atoms with Crippen LogP contribution in [-0.4, -0.2) is 37.3 Å². The Kier molecular flexibility index (Phi) is 7.75. The Bertz CT molecular complexity index is 1540. The molecule has 12 heteroatoms. The van der Waals surface area contributed by atoms with Crippen LogP contribution in [0.1, 0.15) is 32.7 Å². The minimum absolute atomic E-state index is 0.0248. The number of halogens is 4. The lowest BCUT2D eigenvalue weighted by Gasteiger charge is -2.18. The largest absolute Gasteiger partial charge is 0.497 e. The van der Waals surface area contributed by atoms with Gasteiger partial charge in [0.1, 0.15) is 11.5 Å². The fraction of sp³-hybridized carbons (Fsp3) is 0.185. The van der Waals surface area contributed by atoms with Crippen LogP contribution < -0.4 is 19.3 Å². The van der Waals surface area contributed by atoms with Crippen molar-refractivity contribution >= 4 is 98.8 Å². The van der Waals surface area contributed by atoms with Crippen molar-refractivity contribution in [1.29, 1.82) is 0 Å². The molecular formula is C27H18Br4N2O6. The van der Waals surface area contributed by atoms with Gasteiger partial charge in [-0.1, -0.05) is 6.07 Å². The van der Waals surface area contributed by atoms with Crippen LogP contribution in [0.5, 0.6) is 11.5 Å². The highest BCUT2D eigenvalue weighted by Crippen LogP contribution is 2.46. The molecule has 0 saturated carbocycles. The zero-order valence-electron chi connectivity index (χ0n) is 20.4. The summed E-state index contributed by atoms with van der Waals surface area (Å²) < 4.78 is 13.0. The van der Waals surface area contributed by atoms with Gasteiger partial charge in [-0.3, -0.25) is 19.2 Å². The normalized spacial score (nSPS) is 16.7. The van der Waals surface area contributed by atoms with Gasteiger partial charge in [0.15, 0.2) is 0 Å². The quantitative estimate of drug-likeness (QED) is 0.0929. The Morgan fingerprint density at radius 2 is 1.51 bits per heavy atom. The van der Waals surface area contributed by atoms with Crippen LogP contribution in [0.25, 0.3) is 0 Å². The highest BCUT2D eigenvalue weighted by Gasteiger charge is 2.42. The van der Waals surface area contributed by atoms with E-state index >= 15 is 0 Å². The molecule has 3 aromatic carbocycles. The van der Waals surface area contributed by atoms with E-state index in [-0.39, 0.29) is 35.7 Å². The number of hydrogen-bond donors (Lipinski definition) is 0. The van der Waals surface area contributed by atoms with Crippen LogP contribution in [0.15, 0.2) is 60.4 Å². The minimum Gasteiger partial charge on any atom is -0.497 e. The van der Waals surface area contributed by atoms with Gasteiger partial charge in [0, 0.05) is 42.6 Å². The summed E-state index contributed by atoms with van der Waals surface area (Å²) in [5, 5.41) is 0. The van der Waals surface area contributed by atoms with E-state index < -0.39 is 23.7 Å². The number of nitrogens with zero attached hydrogens (tertiary/aromatic N) is 2. The molecule has 5 rings (SSSR count). The average molecular weight is 786 g/mol. The minimum atomic E-state index is -0.647. The lowest BCUT2D eigenvalue weighted by atomic mass is 10.1. The second kappa shape index (κ2) is 10.8. The summed E-state index contributed by atoms with van der Waals surface area (Å²) in [6, 6.07) is 11.7. The predicted octanol–water partition coefficient (Wildman–Crippen LogP) is 6.81. The Morgan fingerprint density at radius 1 is 0.872 bits per heavy atom. The number of esters is 1. The average Bonchev–Trinajstić information content (AvgIpc) is 3.43. The molecule has 2 heterocycles. The van der Waals surface area contributed by atoms with E-state index in [9.17, 15) is 19.2 Å². The van der Waals surface area contributed by atoms with Gasteiger partial charge in [-0.15, -0.1) is 0 Å². The van der Waals surface area contributed by atoms with Crippen molar-refractivity contribution in [2.75, 3.05) is 23.5 Å². The van der Waals surface area contributed by atoms with E-state index in [2.05, 4.69) is 63.7 Å². The van der Waals surface area contributed by atoms with Crippen LogP contribution in [0.4, 0.5) is 11.4 Å². The third-order valence-electron chi connectivity index (χ3n) is 6.55. The predicted molar refractivity (Wildman–Crippen MR) is 159 cm³/mol. The molecule has 0 bridgehead atoms. The highest BCUT2D eigenvalue weighted by molar-refractivity contribution is 9.15. The number of anilines is 2. The Morgan fingerprint density at radius 3 is 2.10 bits per heavy atom. The van der Waals surface area contributed by atoms with E-state index in [0.29, 0.717) is 40.6 Å². The van der Waals surface area contributed by atoms with Crippen LogP contribution >= 0.6 is 63.7 Å². The summed E-state index contributed by atoms with van der Waals surface area (Å²) in [4.78, 5) is 54.9. The molecule has 200 valence electrons. The maximum atomic E-state index is 13.3. The van der Waals surface area contributed by atoms with Crippen molar-refractivity contribution in [3.05, 3.63) is 77.0 Å². The first kappa shape index (κ1) is 28.0. The first-order chi connectivity index (χ1) is 18.5. The summed E-state index contributed by atoms with van der Waals surface area (Å²) in [6.45, 7) is 1.90. The zero-order valence-corrected chi connectivity index (χ0v) is 26.7. The number of rotatable bonds is 5. The lowest BCUT2D eigenvalue weighted by Crippen LogP contribution is -2.30. The summed E-state index contributed by atoms with van der Waals surface area (Å²) in [7, 11) is 1.54. The van der Waals surface area contributed by atoms with Gasteiger partial charge < -0.3 is 14.4 Å². The van der Waals surface area contributed by atoms with Crippen LogP contribution in [0, 0.1) is 12.8 Å². The standard InChI is InChI=1S/C27H18Br4N2O6/c1-12-8-16(39-27(37)13-9-18(34)32(11-13)14-4-3-5-15(10-14)38-2)6-7-17(12)33-25(35)19-20(26(33)36)22(29)24(31)23(30)21(19)28/h3-8,10,13H,9,11H2,1-2H3/t13-/m0/s1. The molecule has 0 radical (unpaired) electrons. The van der Waals surface area contributed by atoms with Crippen molar-refractivity contribution < 1.29 is 28.7 Å². The fourth-order valence-electron chi connectivity index (χ4n) is 4.60. The van der Waals surface area contributed by atoms with E-state index in [0.717, 1.165) is 4.90 Å². The van der Waals surface area contributed by atoms with Gasteiger partial charge in [0.2, 0.25) is 5.91 Å². The van der Waals surface area contributed by atoms with E-state index in [1.54, 1.807) is 50.4 Å². The Labute approximate surface area is 257 Å². The van der Waals surface area contributed by atoms with Gasteiger partial charge in [-0.05, 0) is 107 Å². The summed E-state index contributed by atoms with van der Waals surface area (Å²) in [5.74, 6) is -1.47. The molecule has 1 fully saturated rings.